The first-order chi connectivity index (χ1) is 11.9. The van der Waals surface area contributed by atoms with E-state index in [1.165, 1.54) is 5.56 Å². The summed E-state index contributed by atoms with van der Waals surface area (Å²) in [5, 5.41) is 0. The second-order valence-electron chi connectivity index (χ2n) is 7.75. The summed E-state index contributed by atoms with van der Waals surface area (Å²) < 4.78 is 6.12. The van der Waals surface area contributed by atoms with Crippen LogP contribution in [0.4, 0.5) is 0 Å². The standard InChI is InChI=1S/C20H30ClN2O2/c1-15-14-23(20(21)16(2)19(15)24)12-10-22(11-13-23)9-8-17-4-6-18(25-3)7-5-17/h4-7,15-16,20H,8-14H2,1-3H3/q+1. The Hall–Kier alpha value is -1.10. The summed E-state index contributed by atoms with van der Waals surface area (Å²) in [5.74, 6) is 1.35. The summed E-state index contributed by atoms with van der Waals surface area (Å²) in [6.07, 6.45) is 1.06. The van der Waals surface area contributed by atoms with Crippen molar-refractivity contribution in [1.29, 1.82) is 0 Å². The average Bonchev–Trinajstić information content (AvgIpc) is 2.65. The lowest BCUT2D eigenvalue weighted by Gasteiger charge is -2.52. The molecule has 1 spiro atoms. The number of rotatable bonds is 4. The topological polar surface area (TPSA) is 29.5 Å². The number of piperidine rings is 1. The van der Waals surface area contributed by atoms with Crippen LogP contribution in [0.15, 0.2) is 24.3 Å². The third-order valence-electron chi connectivity index (χ3n) is 6.11. The molecule has 1 aromatic carbocycles. The molecule has 25 heavy (non-hydrogen) atoms. The van der Waals surface area contributed by atoms with Gasteiger partial charge in [-0.2, -0.15) is 0 Å². The van der Waals surface area contributed by atoms with E-state index in [-0.39, 0.29) is 17.3 Å². The van der Waals surface area contributed by atoms with Crippen LogP contribution < -0.4 is 4.74 Å². The third kappa shape index (κ3) is 3.86. The summed E-state index contributed by atoms with van der Waals surface area (Å²) in [7, 11) is 1.70. The summed E-state index contributed by atoms with van der Waals surface area (Å²) in [4.78, 5) is 14.7. The second-order valence-corrected chi connectivity index (χ2v) is 8.20. The van der Waals surface area contributed by atoms with Crippen molar-refractivity contribution in [3.63, 3.8) is 0 Å². The number of nitrogens with zero attached hydrogens (tertiary/aromatic N) is 2. The zero-order valence-corrected chi connectivity index (χ0v) is 16.3. The Bertz CT molecular complexity index is 596. The van der Waals surface area contributed by atoms with Gasteiger partial charge in [-0.05, 0) is 31.0 Å². The van der Waals surface area contributed by atoms with E-state index in [4.69, 9.17) is 16.3 Å². The van der Waals surface area contributed by atoms with Gasteiger partial charge in [-0.15, -0.1) is 0 Å². The maximum atomic E-state index is 12.2. The van der Waals surface area contributed by atoms with Crippen molar-refractivity contribution in [3.05, 3.63) is 29.8 Å². The minimum Gasteiger partial charge on any atom is -0.497 e. The zero-order valence-electron chi connectivity index (χ0n) is 15.6. The normalized spacial score (nSPS) is 29.8. The van der Waals surface area contributed by atoms with Gasteiger partial charge in [-0.25, -0.2) is 0 Å². The highest BCUT2D eigenvalue weighted by atomic mass is 35.5. The lowest BCUT2D eigenvalue weighted by molar-refractivity contribution is -0.949. The Morgan fingerprint density at radius 1 is 1.20 bits per heavy atom. The number of hydrogen-bond acceptors (Lipinski definition) is 3. The molecule has 0 saturated carbocycles. The summed E-state index contributed by atoms with van der Waals surface area (Å²) in [6, 6.07) is 8.34. The van der Waals surface area contributed by atoms with E-state index < -0.39 is 0 Å². The number of alkyl halides is 1. The lowest BCUT2D eigenvalue weighted by Crippen LogP contribution is -2.69. The van der Waals surface area contributed by atoms with Gasteiger partial charge in [-0.3, -0.25) is 9.69 Å². The Morgan fingerprint density at radius 3 is 2.44 bits per heavy atom. The fourth-order valence-electron chi connectivity index (χ4n) is 4.43. The predicted octanol–water partition coefficient (Wildman–Crippen LogP) is 2.79. The molecule has 0 aliphatic carbocycles. The summed E-state index contributed by atoms with van der Waals surface area (Å²) in [5.41, 5.74) is 1.28. The Morgan fingerprint density at radius 2 is 1.84 bits per heavy atom. The molecule has 2 heterocycles. The van der Waals surface area contributed by atoms with E-state index in [0.717, 1.165) is 55.9 Å². The monoisotopic (exact) mass is 365 g/mol. The quantitative estimate of drug-likeness (QED) is 0.467. The van der Waals surface area contributed by atoms with E-state index in [1.54, 1.807) is 7.11 Å². The molecule has 2 aliphatic rings. The van der Waals surface area contributed by atoms with Crippen molar-refractivity contribution >= 4 is 17.4 Å². The van der Waals surface area contributed by atoms with Crippen LogP contribution in [0.5, 0.6) is 5.75 Å². The van der Waals surface area contributed by atoms with Gasteiger partial charge in [0.05, 0.1) is 38.6 Å². The van der Waals surface area contributed by atoms with Crippen LogP contribution in [0, 0.1) is 11.8 Å². The van der Waals surface area contributed by atoms with E-state index in [0.29, 0.717) is 5.78 Å². The Balaban J connectivity index is 1.53. The van der Waals surface area contributed by atoms with Crippen LogP contribution in [0.2, 0.25) is 0 Å². The number of benzene rings is 1. The molecular weight excluding hydrogens is 336 g/mol. The second kappa shape index (κ2) is 7.65. The number of carbonyl (C=O) groups excluding carboxylic acids is 1. The van der Waals surface area contributed by atoms with Gasteiger partial charge < -0.3 is 9.22 Å². The highest BCUT2D eigenvalue weighted by Crippen LogP contribution is 2.35. The van der Waals surface area contributed by atoms with Crippen molar-refractivity contribution in [1.82, 2.24) is 4.90 Å². The number of hydrogen-bond donors (Lipinski definition) is 0. The number of Topliss-reactive ketones (excluding diaryl/α,β-unsaturated/α-hetero) is 1. The van der Waals surface area contributed by atoms with Crippen LogP contribution in [-0.2, 0) is 11.2 Å². The highest BCUT2D eigenvalue weighted by Gasteiger charge is 2.50. The molecule has 5 heteroatoms. The van der Waals surface area contributed by atoms with Crippen LogP contribution in [0.3, 0.4) is 0 Å². The third-order valence-corrected chi connectivity index (χ3v) is 6.90. The fraction of sp³-hybridized carbons (Fsp3) is 0.650. The molecular formula is C20H30ClN2O2+. The van der Waals surface area contributed by atoms with Crippen LogP contribution in [0.1, 0.15) is 19.4 Å². The molecule has 2 saturated heterocycles. The van der Waals surface area contributed by atoms with Crippen LogP contribution in [0.25, 0.3) is 0 Å². The van der Waals surface area contributed by atoms with Gasteiger partial charge in [0, 0.05) is 19.6 Å². The van der Waals surface area contributed by atoms with Crippen LogP contribution in [-0.4, -0.2) is 67.0 Å². The number of quaternary nitrogens is 1. The first kappa shape index (κ1) is 18.7. The molecule has 0 bridgehead atoms. The summed E-state index contributed by atoms with van der Waals surface area (Å²) in [6.45, 7) is 10.3. The van der Waals surface area contributed by atoms with Gasteiger partial charge in [-0.1, -0.05) is 30.7 Å². The predicted molar refractivity (Wildman–Crippen MR) is 101 cm³/mol. The molecule has 4 nitrogen and oxygen atoms in total. The lowest BCUT2D eigenvalue weighted by atomic mass is 9.87. The molecule has 138 valence electrons. The first-order valence-electron chi connectivity index (χ1n) is 9.34. The van der Waals surface area contributed by atoms with Crippen molar-refractivity contribution in [2.24, 2.45) is 11.8 Å². The van der Waals surface area contributed by atoms with Gasteiger partial charge in [0.2, 0.25) is 0 Å². The SMILES string of the molecule is COc1ccc(CCN2CC[N+]3(CC2)CC(C)C(=O)C(C)C3Cl)cc1. The maximum Gasteiger partial charge on any atom is 0.174 e. The number of ketones is 1. The van der Waals surface area contributed by atoms with Crippen molar-refractivity contribution < 1.29 is 14.0 Å². The van der Waals surface area contributed by atoms with Crippen molar-refractivity contribution in [2.75, 3.05) is 46.4 Å². The molecule has 1 aromatic rings. The zero-order chi connectivity index (χ0) is 18.0. The molecule has 3 atom stereocenters. The van der Waals surface area contributed by atoms with E-state index in [2.05, 4.69) is 24.0 Å². The molecule has 2 fully saturated rings. The Labute approximate surface area is 156 Å². The van der Waals surface area contributed by atoms with Crippen molar-refractivity contribution in [2.45, 2.75) is 25.8 Å². The van der Waals surface area contributed by atoms with Gasteiger partial charge in [0.15, 0.2) is 11.3 Å². The fourth-order valence-corrected chi connectivity index (χ4v) is 4.83. The summed E-state index contributed by atoms with van der Waals surface area (Å²) >= 11 is 6.73. The number of carbonyl (C=O) groups is 1. The van der Waals surface area contributed by atoms with E-state index >= 15 is 0 Å². The van der Waals surface area contributed by atoms with Gasteiger partial charge in [0.25, 0.3) is 0 Å². The largest absolute Gasteiger partial charge is 0.497 e. The van der Waals surface area contributed by atoms with E-state index in [1.807, 2.05) is 19.1 Å². The number of methoxy groups -OCH3 is 1. The smallest absolute Gasteiger partial charge is 0.174 e. The molecule has 0 N–H and O–H groups in total. The molecule has 0 aromatic heterocycles. The molecule has 3 rings (SSSR count). The van der Waals surface area contributed by atoms with Gasteiger partial charge >= 0.3 is 0 Å². The van der Waals surface area contributed by atoms with E-state index in [9.17, 15) is 4.79 Å². The number of piperazine rings is 1. The molecule has 0 radical (unpaired) electrons. The maximum absolute atomic E-state index is 12.2. The number of ether oxygens (including phenoxy) is 1. The molecule has 2 aliphatic heterocycles. The molecule has 0 amide bonds. The first-order valence-corrected chi connectivity index (χ1v) is 9.78. The minimum atomic E-state index is -0.0626. The minimum absolute atomic E-state index is 0.0312. The van der Waals surface area contributed by atoms with Crippen molar-refractivity contribution in [3.8, 4) is 5.75 Å². The average molecular weight is 366 g/mol. The molecule has 3 unspecified atom stereocenters. The van der Waals surface area contributed by atoms with Gasteiger partial charge in [0.1, 0.15) is 5.75 Å². The van der Waals surface area contributed by atoms with Crippen LogP contribution >= 0.6 is 11.6 Å². The Kier molecular flexibility index (Phi) is 5.71. The highest BCUT2D eigenvalue weighted by molar-refractivity contribution is 6.21. The number of halogens is 1.